The summed E-state index contributed by atoms with van der Waals surface area (Å²) >= 11 is 0. The van der Waals surface area contributed by atoms with Crippen LogP contribution >= 0.6 is 0 Å². The Morgan fingerprint density at radius 3 is 2.07 bits per heavy atom. The van der Waals surface area contributed by atoms with Gasteiger partial charge in [0.25, 0.3) is 0 Å². The fourth-order valence-corrected chi connectivity index (χ4v) is 10.2. The molecule has 0 amide bonds. The maximum absolute atomic E-state index is 7.01. The number of nitrogens with zero attached hydrogens (tertiary/aromatic N) is 2. The van der Waals surface area contributed by atoms with Crippen LogP contribution in [0.4, 0.5) is 0 Å². The minimum Gasteiger partial charge on any atom is -0.457 e. The van der Waals surface area contributed by atoms with Crippen LogP contribution in [0.2, 0.25) is 0 Å². The van der Waals surface area contributed by atoms with E-state index in [-0.39, 0.29) is 5.41 Å². The molecule has 0 saturated carbocycles. The van der Waals surface area contributed by atoms with Gasteiger partial charge in [-0.25, -0.2) is 4.98 Å². The Balaban J connectivity index is 1.15. The van der Waals surface area contributed by atoms with Crippen molar-refractivity contribution in [3.8, 4) is 39.4 Å². The third-order valence-corrected chi connectivity index (χ3v) is 12.7. The van der Waals surface area contributed by atoms with Crippen LogP contribution in [0.3, 0.4) is 0 Å². The first kappa shape index (κ1) is 31.4. The summed E-state index contributed by atoms with van der Waals surface area (Å²) in [4.78, 5) is 4.88. The van der Waals surface area contributed by atoms with Crippen LogP contribution in [-0.2, 0) is 10.8 Å². The number of rotatable bonds is 2. The van der Waals surface area contributed by atoms with Gasteiger partial charge in [-0.2, -0.15) is 0 Å². The number of fused-ring (bicyclic) bond motifs is 14. The molecule has 0 fully saturated rings. The fourth-order valence-electron chi connectivity index (χ4n) is 10.2. The third kappa shape index (κ3) is 4.09. The Bertz CT molecular complexity index is 3150. The molecule has 0 bridgehead atoms. The first-order valence-electron chi connectivity index (χ1n) is 19.5. The van der Waals surface area contributed by atoms with Gasteiger partial charge in [-0.05, 0) is 116 Å². The van der Waals surface area contributed by atoms with Gasteiger partial charge in [-0.3, -0.25) is 4.57 Å². The summed E-state index contributed by atoms with van der Waals surface area (Å²) < 4.78 is 9.28. The molecule has 264 valence electrons. The molecule has 0 radical (unpaired) electrons. The topological polar surface area (TPSA) is 27.1 Å². The maximum atomic E-state index is 7.01. The molecule has 56 heavy (non-hydrogen) atoms. The molecule has 3 nitrogen and oxygen atoms in total. The second-order valence-corrected chi connectivity index (χ2v) is 15.9. The molecule has 12 rings (SSSR count). The van der Waals surface area contributed by atoms with Crippen LogP contribution in [0.5, 0.6) is 11.5 Å². The van der Waals surface area contributed by atoms with E-state index in [1.54, 1.807) is 0 Å². The predicted molar refractivity (Wildman–Crippen MR) is 229 cm³/mol. The lowest BCUT2D eigenvalue weighted by atomic mass is 9.61. The molecule has 0 saturated heterocycles. The van der Waals surface area contributed by atoms with Crippen molar-refractivity contribution >= 4 is 34.1 Å². The maximum Gasteiger partial charge on any atom is 0.145 e. The van der Waals surface area contributed by atoms with Gasteiger partial charge >= 0.3 is 0 Å². The summed E-state index contributed by atoms with van der Waals surface area (Å²) in [5.41, 5.74) is 17.2. The first-order chi connectivity index (χ1) is 27.5. The highest BCUT2D eigenvalue weighted by Gasteiger charge is 2.49. The van der Waals surface area contributed by atoms with E-state index < -0.39 is 5.41 Å². The standard InChI is InChI=1S/C53H36N2O/c1-52(2)43-19-9-7-16-38(43)40-31-47-50(32-46(40)52)56-49-21-11-10-20-44(49)53(47)42-18-8-6-13-33(42)22-23-34-24-25-36(30-45(34)53)35-26-27-48-41(29-35)39-17-12-28-54-51(39)55(48)37-14-4-3-5-15-37/h3-32H,1-2H3. The second-order valence-electron chi connectivity index (χ2n) is 15.9. The Labute approximate surface area is 325 Å². The summed E-state index contributed by atoms with van der Waals surface area (Å²) in [7, 11) is 0. The van der Waals surface area contributed by atoms with Gasteiger partial charge < -0.3 is 4.74 Å². The van der Waals surface area contributed by atoms with Crippen LogP contribution in [0.25, 0.3) is 62.0 Å². The van der Waals surface area contributed by atoms with Crippen LogP contribution in [-0.4, -0.2) is 9.55 Å². The average molecular weight is 717 g/mol. The van der Waals surface area contributed by atoms with Crippen molar-refractivity contribution in [2.24, 2.45) is 0 Å². The van der Waals surface area contributed by atoms with Gasteiger partial charge in [0.05, 0.1) is 10.9 Å². The molecule has 2 aliphatic carbocycles. The minimum absolute atomic E-state index is 0.153. The molecule has 1 aliphatic heterocycles. The molecule has 1 spiro atoms. The van der Waals surface area contributed by atoms with E-state index >= 15 is 0 Å². The van der Waals surface area contributed by atoms with Crippen molar-refractivity contribution in [1.29, 1.82) is 0 Å². The molecular weight excluding hydrogens is 681 g/mol. The van der Waals surface area contributed by atoms with Crippen molar-refractivity contribution in [1.82, 2.24) is 9.55 Å². The highest BCUT2D eigenvalue weighted by molar-refractivity contribution is 6.09. The number of pyridine rings is 1. The van der Waals surface area contributed by atoms with Crippen LogP contribution < -0.4 is 4.74 Å². The zero-order valence-corrected chi connectivity index (χ0v) is 31.1. The summed E-state index contributed by atoms with van der Waals surface area (Å²) in [6, 6.07) is 60.0. The van der Waals surface area contributed by atoms with Crippen molar-refractivity contribution in [2.45, 2.75) is 24.7 Å². The van der Waals surface area contributed by atoms with Crippen LogP contribution in [0.1, 0.15) is 58.4 Å². The summed E-state index contributed by atoms with van der Waals surface area (Å²) in [5.74, 6) is 1.81. The van der Waals surface area contributed by atoms with E-state index in [1.165, 1.54) is 61.0 Å². The zero-order valence-electron chi connectivity index (χ0n) is 31.1. The Hall–Kier alpha value is -6.97. The zero-order chi connectivity index (χ0) is 37.2. The molecule has 1 unspecified atom stereocenters. The number of para-hydroxylation sites is 2. The van der Waals surface area contributed by atoms with Crippen LogP contribution in [0.15, 0.2) is 170 Å². The van der Waals surface area contributed by atoms with E-state index in [4.69, 9.17) is 9.72 Å². The third-order valence-electron chi connectivity index (χ3n) is 12.7. The number of hydrogen-bond donors (Lipinski definition) is 0. The lowest BCUT2D eigenvalue weighted by Gasteiger charge is -2.43. The van der Waals surface area contributed by atoms with E-state index in [2.05, 4.69) is 188 Å². The molecule has 3 heterocycles. The molecule has 9 aromatic rings. The quantitative estimate of drug-likeness (QED) is 0.178. The van der Waals surface area contributed by atoms with Crippen molar-refractivity contribution in [2.75, 3.05) is 0 Å². The van der Waals surface area contributed by atoms with E-state index in [0.717, 1.165) is 44.9 Å². The Morgan fingerprint density at radius 1 is 0.482 bits per heavy atom. The van der Waals surface area contributed by atoms with Gasteiger partial charge in [0.15, 0.2) is 0 Å². The summed E-state index contributed by atoms with van der Waals surface area (Å²) in [6.45, 7) is 4.68. The normalized spacial score (nSPS) is 16.7. The second kappa shape index (κ2) is 11.3. The predicted octanol–water partition coefficient (Wildman–Crippen LogP) is 13.1. The number of ether oxygens (including phenoxy) is 1. The van der Waals surface area contributed by atoms with E-state index in [1.807, 2.05) is 12.3 Å². The van der Waals surface area contributed by atoms with Crippen molar-refractivity contribution in [3.63, 3.8) is 0 Å². The highest BCUT2D eigenvalue weighted by Crippen LogP contribution is 2.61. The molecule has 3 aliphatic rings. The van der Waals surface area contributed by atoms with Gasteiger partial charge in [0, 0.05) is 39.2 Å². The monoisotopic (exact) mass is 716 g/mol. The van der Waals surface area contributed by atoms with Gasteiger partial charge in [-0.1, -0.05) is 129 Å². The largest absolute Gasteiger partial charge is 0.457 e. The number of aromatic nitrogens is 2. The van der Waals surface area contributed by atoms with Gasteiger partial charge in [-0.15, -0.1) is 0 Å². The fraction of sp³-hybridized carbons (Fsp3) is 0.0755. The van der Waals surface area contributed by atoms with E-state index in [9.17, 15) is 0 Å². The lowest BCUT2D eigenvalue weighted by Crippen LogP contribution is -2.35. The summed E-state index contributed by atoms with van der Waals surface area (Å²) in [6.07, 6.45) is 6.49. The average Bonchev–Trinajstić information content (AvgIpc) is 3.63. The molecule has 7 aromatic carbocycles. The molecule has 3 heteroatoms. The van der Waals surface area contributed by atoms with Crippen molar-refractivity contribution in [3.05, 3.63) is 214 Å². The number of hydrogen-bond acceptors (Lipinski definition) is 2. The van der Waals surface area contributed by atoms with E-state index in [0.29, 0.717) is 0 Å². The first-order valence-corrected chi connectivity index (χ1v) is 19.5. The SMILES string of the molecule is CC1(C)c2ccccc2-c2cc3c(cc21)Oc1ccccc1C31c2ccccc2C=Cc2ccc(-c3ccc4c(c3)c3cccnc3n4-c3ccccc3)cc21. The van der Waals surface area contributed by atoms with Crippen molar-refractivity contribution < 1.29 is 4.74 Å². The van der Waals surface area contributed by atoms with Crippen LogP contribution in [0, 0.1) is 0 Å². The summed E-state index contributed by atoms with van der Waals surface area (Å²) in [5, 5.41) is 2.32. The highest BCUT2D eigenvalue weighted by atomic mass is 16.5. The molecule has 1 atom stereocenters. The molecular formula is C53H36N2O. The lowest BCUT2D eigenvalue weighted by molar-refractivity contribution is 0.433. The smallest absolute Gasteiger partial charge is 0.145 e. The Morgan fingerprint density at radius 2 is 1.20 bits per heavy atom. The van der Waals surface area contributed by atoms with Gasteiger partial charge in [0.1, 0.15) is 17.1 Å². The number of benzene rings is 7. The minimum atomic E-state index is -0.663. The molecule has 2 aromatic heterocycles. The molecule has 0 N–H and O–H groups in total. The Kier molecular flexibility index (Phi) is 6.32. The van der Waals surface area contributed by atoms with Gasteiger partial charge in [0.2, 0.25) is 0 Å².